The van der Waals surface area contributed by atoms with E-state index in [-0.39, 0.29) is 0 Å². The van der Waals surface area contributed by atoms with Crippen LogP contribution in [0.15, 0.2) is 81.0 Å². The number of hydrogen-bond donors (Lipinski definition) is 0. The molecule has 0 bridgehead atoms. The summed E-state index contributed by atoms with van der Waals surface area (Å²) >= 11 is 0. The minimum Gasteiger partial charge on any atom is -0.421 e. The van der Waals surface area contributed by atoms with Gasteiger partial charge in [0.2, 0.25) is 35.3 Å². The highest BCUT2D eigenvalue weighted by Crippen LogP contribution is 2.32. The maximum atomic E-state index is 6.40. The molecule has 0 N–H and O–H groups in total. The van der Waals surface area contributed by atoms with Crippen LogP contribution in [0.3, 0.4) is 0 Å². The van der Waals surface area contributed by atoms with Crippen LogP contribution in [0.2, 0.25) is 0 Å². The normalized spacial score (nSPS) is 11.7. The Bertz CT molecular complexity index is 2490. The lowest BCUT2D eigenvalue weighted by Crippen LogP contribution is -1.88. The molecule has 0 saturated heterocycles. The lowest BCUT2D eigenvalue weighted by molar-refractivity contribution is 0.486. The molecule has 0 unspecified atom stereocenters. The van der Waals surface area contributed by atoms with Crippen molar-refractivity contribution in [2.45, 2.75) is 175 Å². The molecule has 0 aliphatic heterocycles. The van der Waals surface area contributed by atoms with E-state index in [1.807, 2.05) is 18.2 Å². The highest BCUT2D eigenvalue weighted by atomic mass is 16.4. The molecule has 9 heteroatoms. The Morgan fingerprint density at radius 2 is 0.676 bits per heavy atom. The van der Waals surface area contributed by atoms with E-state index in [4.69, 9.17) is 13.3 Å². The zero-order valence-electron chi connectivity index (χ0n) is 41.5. The number of aromatic nitrogens is 6. The molecule has 360 valence electrons. The van der Waals surface area contributed by atoms with Gasteiger partial charge in [-0.15, -0.1) is 30.6 Å². The maximum absolute atomic E-state index is 6.40. The van der Waals surface area contributed by atoms with E-state index >= 15 is 0 Å². The van der Waals surface area contributed by atoms with Gasteiger partial charge in [-0.05, 0) is 70.8 Å². The van der Waals surface area contributed by atoms with E-state index in [2.05, 4.69) is 137 Å². The van der Waals surface area contributed by atoms with Gasteiger partial charge in [0.1, 0.15) is 0 Å². The van der Waals surface area contributed by atoms with Crippen molar-refractivity contribution in [2.75, 3.05) is 0 Å². The third kappa shape index (κ3) is 16.4. The summed E-state index contributed by atoms with van der Waals surface area (Å²) in [5.41, 5.74) is 8.39. The van der Waals surface area contributed by atoms with Gasteiger partial charge in [0, 0.05) is 36.0 Å². The molecule has 0 spiro atoms. The summed E-state index contributed by atoms with van der Waals surface area (Å²) in [5, 5.41) is 26.9. The van der Waals surface area contributed by atoms with Gasteiger partial charge in [-0.3, -0.25) is 0 Å². The summed E-state index contributed by atoms with van der Waals surface area (Å²) in [5.74, 6) is 3.54. The molecular weight excluding hydrogens is 841 g/mol. The van der Waals surface area contributed by atoms with Crippen molar-refractivity contribution in [1.82, 2.24) is 30.6 Å². The van der Waals surface area contributed by atoms with Crippen LogP contribution >= 0.6 is 0 Å². The Hall–Kier alpha value is -5.96. The number of rotatable bonds is 33. The second-order valence-electron chi connectivity index (χ2n) is 18.2. The van der Waals surface area contributed by atoms with Crippen LogP contribution in [0, 0.1) is 0 Å². The fourth-order valence-electron chi connectivity index (χ4n) is 8.54. The fourth-order valence-corrected chi connectivity index (χ4v) is 8.54. The maximum Gasteiger partial charge on any atom is 0.248 e. The van der Waals surface area contributed by atoms with Gasteiger partial charge < -0.3 is 13.3 Å². The first kappa shape index (κ1) is 51.4. The number of hydrogen-bond acceptors (Lipinski definition) is 9. The third-order valence-electron chi connectivity index (χ3n) is 12.7. The van der Waals surface area contributed by atoms with Gasteiger partial charge in [0.25, 0.3) is 0 Å². The molecule has 3 aromatic heterocycles. The van der Waals surface area contributed by atoms with Crippen molar-refractivity contribution in [3.8, 4) is 34.4 Å². The molecule has 0 atom stereocenters. The molecule has 3 aromatic carbocycles. The van der Waals surface area contributed by atoms with Crippen molar-refractivity contribution >= 4 is 36.5 Å². The van der Waals surface area contributed by atoms with E-state index in [1.54, 1.807) is 0 Å². The monoisotopic (exact) mass is 917 g/mol. The minimum atomic E-state index is 0.496. The van der Waals surface area contributed by atoms with Gasteiger partial charge >= 0.3 is 0 Å². The molecule has 6 rings (SSSR count). The summed E-state index contributed by atoms with van der Waals surface area (Å²) < 4.78 is 18.9. The van der Waals surface area contributed by atoms with Crippen LogP contribution < -0.4 is 0 Å². The Labute approximate surface area is 406 Å². The molecule has 0 aliphatic rings. The molecular formula is C59H76N6O3. The van der Waals surface area contributed by atoms with Crippen molar-refractivity contribution in [3.63, 3.8) is 0 Å². The first-order valence-corrected chi connectivity index (χ1v) is 26.0. The second-order valence-corrected chi connectivity index (χ2v) is 18.2. The number of nitrogens with zero attached hydrogens (tertiary/aromatic N) is 6. The number of unbranched alkanes of at least 4 members (excludes halogenated alkanes) is 18. The van der Waals surface area contributed by atoms with Gasteiger partial charge in [-0.25, -0.2) is 0 Å². The predicted molar refractivity (Wildman–Crippen MR) is 282 cm³/mol. The Morgan fingerprint density at radius 1 is 0.353 bits per heavy atom. The van der Waals surface area contributed by atoms with Gasteiger partial charge in [-0.2, -0.15) is 0 Å². The summed E-state index contributed by atoms with van der Waals surface area (Å²) in [6.07, 6.45) is 40.3. The number of aryl methyl sites for hydroxylation is 3. The highest BCUT2D eigenvalue weighted by Gasteiger charge is 2.16. The zero-order valence-corrected chi connectivity index (χ0v) is 41.5. The van der Waals surface area contributed by atoms with E-state index in [0.717, 1.165) is 95.0 Å². The van der Waals surface area contributed by atoms with Crippen molar-refractivity contribution in [3.05, 3.63) is 119 Å². The second kappa shape index (κ2) is 29.0. The number of benzene rings is 3. The molecule has 6 aromatic rings. The van der Waals surface area contributed by atoms with Gasteiger partial charge in [0.15, 0.2) is 0 Å². The Kier molecular flexibility index (Phi) is 22.0. The van der Waals surface area contributed by atoms with Crippen molar-refractivity contribution in [2.24, 2.45) is 0 Å². The largest absolute Gasteiger partial charge is 0.421 e. The lowest BCUT2D eigenvalue weighted by atomic mass is 9.99. The Morgan fingerprint density at radius 3 is 1.04 bits per heavy atom. The molecule has 9 nitrogen and oxygen atoms in total. The molecule has 3 heterocycles. The molecule has 0 amide bonds. The Balaban J connectivity index is 1.22. The van der Waals surface area contributed by atoms with Crippen LogP contribution in [0.25, 0.3) is 70.8 Å². The first-order chi connectivity index (χ1) is 33.5. The topological polar surface area (TPSA) is 117 Å². The van der Waals surface area contributed by atoms with E-state index in [0.29, 0.717) is 35.3 Å². The van der Waals surface area contributed by atoms with E-state index in [9.17, 15) is 0 Å². The van der Waals surface area contributed by atoms with E-state index < -0.39 is 0 Å². The van der Waals surface area contributed by atoms with Crippen molar-refractivity contribution in [1.29, 1.82) is 0 Å². The average molecular weight is 917 g/mol. The average Bonchev–Trinajstić information content (AvgIpc) is 4.17. The zero-order chi connectivity index (χ0) is 47.6. The predicted octanol–water partition coefficient (Wildman–Crippen LogP) is 17.3. The van der Waals surface area contributed by atoms with Gasteiger partial charge in [-0.1, -0.05) is 222 Å². The summed E-state index contributed by atoms with van der Waals surface area (Å²) in [4.78, 5) is 0. The van der Waals surface area contributed by atoms with E-state index in [1.165, 1.54) is 109 Å². The molecule has 0 fully saturated rings. The lowest BCUT2D eigenvalue weighted by Gasteiger charge is -2.07. The first-order valence-electron chi connectivity index (χ1n) is 26.0. The van der Waals surface area contributed by atoms with Crippen LogP contribution in [0.1, 0.15) is 207 Å². The quantitative estimate of drug-likeness (QED) is 0.0294. The highest BCUT2D eigenvalue weighted by molar-refractivity contribution is 5.84. The minimum absolute atomic E-state index is 0.496. The van der Waals surface area contributed by atoms with Crippen molar-refractivity contribution < 1.29 is 13.3 Å². The van der Waals surface area contributed by atoms with Gasteiger partial charge in [0.05, 0.1) is 0 Å². The van der Waals surface area contributed by atoms with Crippen LogP contribution in [-0.4, -0.2) is 30.6 Å². The summed E-state index contributed by atoms with van der Waals surface area (Å²) in [6.45, 7) is 14.8. The van der Waals surface area contributed by atoms with Crippen LogP contribution in [0.5, 0.6) is 0 Å². The molecule has 0 radical (unpaired) electrons. The molecule has 68 heavy (non-hydrogen) atoms. The molecule has 0 saturated carbocycles. The fraction of sp³-hybridized carbons (Fsp3) is 0.458. The summed E-state index contributed by atoms with van der Waals surface area (Å²) in [7, 11) is 0. The third-order valence-corrected chi connectivity index (χ3v) is 12.7. The van der Waals surface area contributed by atoms with Crippen LogP contribution in [-0.2, 0) is 19.3 Å². The SMILES string of the molecule is C=Cc1ccc(/C=C/c2ccc(/C=C/c3ccc(C=C)c(-c4nnc(CCCCCCCCC)o4)c3)c(-c3nnc(CCCCCCCCC)o3)c2)c(-c2nnc(CCCCCCCCC)o2)c1. The standard InChI is InChI=1S/C59H76N6O3/c1-6-11-14-17-20-23-26-29-54-60-63-57(66-54)51-43-46(33-37-48(51)10-5)34-40-50-41-36-47(44-53(50)59-65-62-56(68-59)31-28-25-22-19-16-13-8-3)35-39-49-38-32-45(9-4)42-52(49)58-64-61-55(67-58)30-27-24-21-18-15-12-7-2/h9-10,32-44H,4-8,11-31H2,1-3H3/b39-35+,40-34+. The smallest absolute Gasteiger partial charge is 0.248 e. The van der Waals surface area contributed by atoms with Crippen LogP contribution in [0.4, 0.5) is 0 Å². The summed E-state index contributed by atoms with van der Waals surface area (Å²) in [6, 6.07) is 18.7. The molecule has 0 aliphatic carbocycles.